The van der Waals surface area contributed by atoms with Gasteiger partial charge in [-0.3, -0.25) is 0 Å². The molecule has 0 bridgehead atoms. The van der Waals surface area contributed by atoms with Crippen molar-refractivity contribution in [2.24, 2.45) is 7.05 Å². The van der Waals surface area contributed by atoms with E-state index in [2.05, 4.69) is 82.9 Å². The maximum atomic E-state index is 6.66. The third-order valence-corrected chi connectivity index (χ3v) is 9.17. The lowest BCUT2D eigenvalue weighted by Gasteiger charge is -2.41. The minimum Gasteiger partial charge on any atom is -0.437 e. The molecule has 1 saturated carbocycles. The zero-order chi connectivity index (χ0) is 24.5. The van der Waals surface area contributed by atoms with Crippen molar-refractivity contribution < 1.29 is 8.98 Å². The number of aryl methyl sites for hydroxylation is 2. The van der Waals surface area contributed by atoms with E-state index in [1.54, 1.807) is 0 Å². The third-order valence-electron chi connectivity index (χ3n) is 9.17. The molecular formula is C32H39N2O+. The molecule has 2 aliphatic carbocycles. The molecule has 2 aliphatic rings. The fraction of sp³-hybridized carbons (Fsp3) is 0.500. The Labute approximate surface area is 209 Å². The van der Waals surface area contributed by atoms with Gasteiger partial charge in [0.15, 0.2) is 11.8 Å². The summed E-state index contributed by atoms with van der Waals surface area (Å²) in [6.45, 7) is 11.7. The van der Waals surface area contributed by atoms with Crippen LogP contribution in [0.4, 0.5) is 0 Å². The standard InChI is InChI=1S/C32H39N2O/c1-20-12-13-23-27-28-24(31(2,3)15-16-32(28,4)5)19-33-30(27)35-29(23)26(20)25-18-22(14-17-34(25)6)21-10-8-7-9-11-21/h12-14,17-19,21H,7-11,15-16H2,1-6H3/q+1. The molecule has 0 saturated heterocycles. The second kappa shape index (κ2) is 7.91. The number of furan rings is 1. The van der Waals surface area contributed by atoms with Crippen molar-refractivity contribution in [1.82, 2.24) is 4.98 Å². The molecule has 0 N–H and O–H groups in total. The zero-order valence-corrected chi connectivity index (χ0v) is 22.3. The molecule has 0 unspecified atom stereocenters. The van der Waals surface area contributed by atoms with E-state index in [9.17, 15) is 0 Å². The fourth-order valence-corrected chi connectivity index (χ4v) is 6.85. The molecule has 182 valence electrons. The molecule has 0 amide bonds. The lowest BCUT2D eigenvalue weighted by molar-refractivity contribution is -0.660. The highest BCUT2D eigenvalue weighted by molar-refractivity contribution is 6.11. The maximum absolute atomic E-state index is 6.66. The van der Waals surface area contributed by atoms with Crippen LogP contribution in [-0.2, 0) is 17.9 Å². The first-order chi connectivity index (χ1) is 16.7. The Bertz CT molecular complexity index is 1450. The third kappa shape index (κ3) is 3.53. The number of hydrogen-bond donors (Lipinski definition) is 0. The second-order valence-corrected chi connectivity index (χ2v) is 12.5. The normalized spacial score (nSPS) is 19.8. The number of fused-ring (bicyclic) bond motifs is 5. The van der Waals surface area contributed by atoms with Gasteiger partial charge in [-0.05, 0) is 71.6 Å². The van der Waals surface area contributed by atoms with Gasteiger partial charge in [0.25, 0.3) is 0 Å². The molecule has 0 radical (unpaired) electrons. The molecule has 6 rings (SSSR count). The van der Waals surface area contributed by atoms with E-state index in [1.807, 2.05) is 0 Å². The lowest BCUT2D eigenvalue weighted by atomic mass is 9.63. The van der Waals surface area contributed by atoms with Crippen LogP contribution in [0.2, 0.25) is 0 Å². The van der Waals surface area contributed by atoms with Gasteiger partial charge >= 0.3 is 0 Å². The number of pyridine rings is 2. The number of benzene rings is 1. The van der Waals surface area contributed by atoms with Crippen LogP contribution in [0, 0.1) is 6.92 Å². The molecule has 0 spiro atoms. The summed E-state index contributed by atoms with van der Waals surface area (Å²) >= 11 is 0. The average molecular weight is 468 g/mol. The van der Waals surface area contributed by atoms with Crippen LogP contribution in [0.15, 0.2) is 41.1 Å². The zero-order valence-electron chi connectivity index (χ0n) is 22.3. The largest absolute Gasteiger partial charge is 0.437 e. The summed E-state index contributed by atoms with van der Waals surface area (Å²) in [6, 6.07) is 9.31. The van der Waals surface area contributed by atoms with Gasteiger partial charge in [0.1, 0.15) is 7.05 Å². The summed E-state index contributed by atoms with van der Waals surface area (Å²) < 4.78 is 8.92. The van der Waals surface area contributed by atoms with Gasteiger partial charge in [0.2, 0.25) is 11.4 Å². The van der Waals surface area contributed by atoms with E-state index in [1.165, 1.54) is 89.2 Å². The molecule has 1 aromatic carbocycles. The first-order valence-corrected chi connectivity index (χ1v) is 13.5. The second-order valence-electron chi connectivity index (χ2n) is 12.5. The molecule has 1 fully saturated rings. The molecule has 0 atom stereocenters. The van der Waals surface area contributed by atoms with Crippen LogP contribution in [-0.4, -0.2) is 4.98 Å². The number of hydrogen-bond acceptors (Lipinski definition) is 2. The highest BCUT2D eigenvalue weighted by Crippen LogP contribution is 2.50. The predicted octanol–water partition coefficient (Wildman–Crippen LogP) is 8.18. The van der Waals surface area contributed by atoms with Crippen molar-refractivity contribution in [3.05, 3.63) is 58.9 Å². The van der Waals surface area contributed by atoms with Crippen LogP contribution in [0.5, 0.6) is 0 Å². The van der Waals surface area contributed by atoms with E-state index >= 15 is 0 Å². The van der Waals surface area contributed by atoms with Gasteiger partial charge in [0, 0.05) is 23.7 Å². The van der Waals surface area contributed by atoms with Crippen LogP contribution in [0.3, 0.4) is 0 Å². The quantitative estimate of drug-likeness (QED) is 0.278. The Morgan fingerprint density at radius 3 is 2.49 bits per heavy atom. The monoisotopic (exact) mass is 467 g/mol. The SMILES string of the molecule is Cc1ccc2c(oc3ncc4c(c32)C(C)(C)CCC4(C)C)c1-c1cc(C2CCCCC2)cc[n+]1C. The van der Waals surface area contributed by atoms with Crippen LogP contribution >= 0.6 is 0 Å². The molecule has 3 nitrogen and oxygen atoms in total. The van der Waals surface area contributed by atoms with Gasteiger partial charge < -0.3 is 4.42 Å². The Morgan fingerprint density at radius 2 is 1.71 bits per heavy atom. The van der Waals surface area contributed by atoms with Gasteiger partial charge in [0.05, 0.1) is 10.9 Å². The lowest BCUT2D eigenvalue weighted by Crippen LogP contribution is -2.34. The Hall–Kier alpha value is -2.68. The van der Waals surface area contributed by atoms with E-state index in [4.69, 9.17) is 9.40 Å². The molecule has 3 heteroatoms. The Kier molecular flexibility index (Phi) is 5.15. The van der Waals surface area contributed by atoms with E-state index < -0.39 is 0 Å². The highest BCUT2D eigenvalue weighted by atomic mass is 16.3. The summed E-state index contributed by atoms with van der Waals surface area (Å²) in [5.74, 6) is 0.676. The van der Waals surface area contributed by atoms with Crippen LogP contribution in [0.25, 0.3) is 33.3 Å². The van der Waals surface area contributed by atoms with Gasteiger partial charge in [-0.25, -0.2) is 9.55 Å². The number of nitrogens with zero attached hydrogens (tertiary/aromatic N) is 2. The topological polar surface area (TPSA) is 29.9 Å². The van der Waals surface area contributed by atoms with Crippen molar-refractivity contribution in [2.75, 3.05) is 0 Å². The molecular weight excluding hydrogens is 428 g/mol. The molecule has 35 heavy (non-hydrogen) atoms. The molecule has 0 aliphatic heterocycles. The minimum absolute atomic E-state index is 0.0967. The van der Waals surface area contributed by atoms with E-state index in [0.717, 1.165) is 11.3 Å². The maximum Gasteiger partial charge on any atom is 0.227 e. The summed E-state index contributed by atoms with van der Waals surface area (Å²) in [4.78, 5) is 4.90. The fourth-order valence-electron chi connectivity index (χ4n) is 6.85. The van der Waals surface area contributed by atoms with Crippen LogP contribution < -0.4 is 4.57 Å². The molecule has 3 heterocycles. The van der Waals surface area contributed by atoms with Gasteiger partial charge in [-0.2, -0.15) is 0 Å². The first-order valence-electron chi connectivity index (χ1n) is 13.5. The predicted molar refractivity (Wildman–Crippen MR) is 144 cm³/mol. The summed E-state index contributed by atoms with van der Waals surface area (Å²) in [5.41, 5.74) is 9.99. The van der Waals surface area contributed by atoms with Crippen LogP contribution in [0.1, 0.15) is 101 Å². The summed E-state index contributed by atoms with van der Waals surface area (Å²) in [6.07, 6.45) is 13.4. The molecule has 4 aromatic rings. The van der Waals surface area contributed by atoms with Crippen molar-refractivity contribution in [3.63, 3.8) is 0 Å². The summed E-state index contributed by atoms with van der Waals surface area (Å²) in [7, 11) is 2.16. The van der Waals surface area contributed by atoms with Crippen molar-refractivity contribution in [2.45, 2.75) is 96.3 Å². The first kappa shape index (κ1) is 22.8. The Morgan fingerprint density at radius 1 is 0.971 bits per heavy atom. The average Bonchev–Trinajstić information content (AvgIpc) is 3.21. The van der Waals surface area contributed by atoms with Crippen molar-refractivity contribution in [3.8, 4) is 11.3 Å². The highest BCUT2D eigenvalue weighted by Gasteiger charge is 2.40. The smallest absolute Gasteiger partial charge is 0.227 e. The molecule has 3 aromatic heterocycles. The van der Waals surface area contributed by atoms with E-state index in [-0.39, 0.29) is 10.8 Å². The summed E-state index contributed by atoms with van der Waals surface area (Å²) in [5, 5.41) is 2.43. The van der Waals surface area contributed by atoms with E-state index in [0.29, 0.717) is 5.92 Å². The minimum atomic E-state index is 0.0967. The number of rotatable bonds is 2. The number of aromatic nitrogens is 2. The van der Waals surface area contributed by atoms with Crippen molar-refractivity contribution in [1.29, 1.82) is 0 Å². The Balaban J connectivity index is 1.63. The van der Waals surface area contributed by atoms with Gasteiger partial charge in [-0.15, -0.1) is 0 Å². The van der Waals surface area contributed by atoms with Crippen molar-refractivity contribution >= 4 is 22.1 Å². The van der Waals surface area contributed by atoms with Gasteiger partial charge in [-0.1, -0.05) is 59.1 Å².